The third-order valence-corrected chi connectivity index (χ3v) is 4.85. The van der Waals surface area contributed by atoms with E-state index in [1.807, 2.05) is 14.1 Å². The molecule has 8 heteroatoms. The maximum atomic E-state index is 13.6. The first-order valence-electron chi connectivity index (χ1n) is 7.40. The molecule has 1 aliphatic rings. The van der Waals surface area contributed by atoms with Crippen LogP contribution in [-0.2, 0) is 4.79 Å². The van der Waals surface area contributed by atoms with E-state index in [4.69, 9.17) is 0 Å². The molecule has 3 rings (SSSR count). The van der Waals surface area contributed by atoms with Gasteiger partial charge in [-0.3, -0.25) is 14.6 Å². The van der Waals surface area contributed by atoms with Gasteiger partial charge >= 0.3 is 0 Å². The number of anilines is 1. The van der Waals surface area contributed by atoms with Gasteiger partial charge in [0.1, 0.15) is 11.3 Å². The number of amides is 1. The summed E-state index contributed by atoms with van der Waals surface area (Å²) in [5, 5.41) is 2.97. The van der Waals surface area contributed by atoms with Gasteiger partial charge < -0.3 is 5.32 Å². The molecule has 1 aliphatic heterocycles. The van der Waals surface area contributed by atoms with Crippen LogP contribution in [-0.4, -0.2) is 54.0 Å². The monoisotopic (exact) mass is 340 g/mol. The maximum Gasteiger partial charge on any atom is 0.240 e. The average Bonchev–Trinajstić information content (AvgIpc) is 3.05. The van der Waals surface area contributed by atoms with E-state index >= 15 is 0 Å². The minimum absolute atomic E-state index is 0.0824. The summed E-state index contributed by atoms with van der Waals surface area (Å²) in [6.45, 7) is 1.13. The second-order valence-corrected chi connectivity index (χ2v) is 6.89. The minimum Gasteiger partial charge on any atom is -0.301 e. The molecule has 1 saturated heterocycles. The van der Waals surface area contributed by atoms with Gasteiger partial charge in [-0.25, -0.2) is 13.8 Å². The lowest BCUT2D eigenvalue weighted by Crippen LogP contribution is -2.44. The number of thiazole rings is 1. The lowest BCUT2D eigenvalue weighted by atomic mass is 10.3. The van der Waals surface area contributed by atoms with Gasteiger partial charge in [-0.1, -0.05) is 11.3 Å². The number of aromatic nitrogens is 1. The lowest BCUT2D eigenvalue weighted by Gasteiger charge is -2.28. The molecule has 0 radical (unpaired) electrons. The van der Waals surface area contributed by atoms with E-state index < -0.39 is 11.6 Å². The number of hydrogen-bond acceptors (Lipinski definition) is 5. The Morgan fingerprint density at radius 1 is 1.48 bits per heavy atom. The van der Waals surface area contributed by atoms with Crippen LogP contribution in [0.5, 0.6) is 0 Å². The van der Waals surface area contributed by atoms with Crippen LogP contribution < -0.4 is 5.32 Å². The van der Waals surface area contributed by atoms with E-state index in [2.05, 4.69) is 20.1 Å². The first-order chi connectivity index (χ1) is 10.9. The third-order valence-electron chi connectivity index (χ3n) is 3.93. The smallest absolute Gasteiger partial charge is 0.240 e. The number of carbonyl (C=O) groups is 1. The van der Waals surface area contributed by atoms with Crippen LogP contribution in [0.15, 0.2) is 12.1 Å². The summed E-state index contributed by atoms with van der Waals surface area (Å²) in [5.41, 5.74) is 0.0824. The first-order valence-corrected chi connectivity index (χ1v) is 8.21. The van der Waals surface area contributed by atoms with Crippen molar-refractivity contribution in [1.82, 2.24) is 14.8 Å². The van der Waals surface area contributed by atoms with Crippen molar-refractivity contribution in [2.24, 2.45) is 0 Å². The maximum absolute atomic E-state index is 13.6. The van der Waals surface area contributed by atoms with Gasteiger partial charge in [0.2, 0.25) is 5.91 Å². The highest BCUT2D eigenvalue weighted by molar-refractivity contribution is 7.22. The number of rotatable bonds is 4. The highest BCUT2D eigenvalue weighted by atomic mass is 32.1. The van der Waals surface area contributed by atoms with Crippen molar-refractivity contribution in [1.29, 1.82) is 0 Å². The van der Waals surface area contributed by atoms with Crippen molar-refractivity contribution in [3.63, 3.8) is 0 Å². The molecule has 1 unspecified atom stereocenters. The lowest BCUT2D eigenvalue weighted by molar-refractivity contribution is -0.118. The number of hydrogen-bond donors (Lipinski definition) is 1. The van der Waals surface area contributed by atoms with Crippen LogP contribution in [0.1, 0.15) is 12.8 Å². The first kappa shape index (κ1) is 16.2. The molecule has 1 atom stereocenters. The van der Waals surface area contributed by atoms with Crippen molar-refractivity contribution in [3.05, 3.63) is 23.8 Å². The zero-order chi connectivity index (χ0) is 16.6. The number of nitrogens with zero attached hydrogens (tertiary/aromatic N) is 3. The standard InChI is InChI=1S/C15H18F2N4OS/c1-20(2)13-4-3-5-21(13)8-12(22)18-15-19-14-10(17)6-9(16)7-11(14)23-15/h6-7,13H,3-5,8H2,1-2H3,(H,18,19,22). The van der Waals surface area contributed by atoms with E-state index in [1.165, 1.54) is 6.07 Å². The molecule has 124 valence electrons. The molecule has 0 aliphatic carbocycles. The van der Waals surface area contributed by atoms with Gasteiger partial charge in [0, 0.05) is 12.6 Å². The molecule has 0 bridgehead atoms. The second kappa shape index (κ2) is 6.46. The number of nitrogens with one attached hydrogen (secondary N) is 1. The summed E-state index contributed by atoms with van der Waals surface area (Å²) in [6, 6.07) is 2.01. The van der Waals surface area contributed by atoms with Crippen LogP contribution in [0.4, 0.5) is 13.9 Å². The Labute approximate surface area is 136 Å². The topological polar surface area (TPSA) is 48.5 Å². The zero-order valence-corrected chi connectivity index (χ0v) is 13.8. The molecular formula is C15H18F2N4OS. The van der Waals surface area contributed by atoms with E-state index in [0.717, 1.165) is 36.8 Å². The SMILES string of the molecule is CN(C)C1CCCN1CC(=O)Nc1nc2c(F)cc(F)cc2s1. The minimum atomic E-state index is -0.719. The van der Waals surface area contributed by atoms with Crippen molar-refractivity contribution in [3.8, 4) is 0 Å². The molecule has 1 aromatic carbocycles. The van der Waals surface area contributed by atoms with Crippen LogP contribution >= 0.6 is 11.3 Å². The average molecular weight is 340 g/mol. The van der Waals surface area contributed by atoms with Crippen molar-refractivity contribution in [2.45, 2.75) is 19.0 Å². The highest BCUT2D eigenvalue weighted by Crippen LogP contribution is 2.28. The number of fused-ring (bicyclic) bond motifs is 1. The predicted octanol–water partition coefficient (Wildman–Crippen LogP) is 2.50. The second-order valence-electron chi connectivity index (χ2n) is 5.86. The summed E-state index contributed by atoms with van der Waals surface area (Å²) >= 11 is 1.07. The Morgan fingerprint density at radius 3 is 3.00 bits per heavy atom. The molecule has 1 N–H and O–H groups in total. The summed E-state index contributed by atoms with van der Waals surface area (Å²) in [4.78, 5) is 20.4. The molecule has 0 spiro atoms. The predicted molar refractivity (Wildman–Crippen MR) is 86.4 cm³/mol. The number of benzene rings is 1. The fourth-order valence-corrected chi connectivity index (χ4v) is 3.85. The van der Waals surface area contributed by atoms with Crippen LogP contribution in [0.2, 0.25) is 0 Å². The molecule has 5 nitrogen and oxygen atoms in total. The molecule has 1 fully saturated rings. The van der Waals surface area contributed by atoms with E-state index in [9.17, 15) is 13.6 Å². The van der Waals surface area contributed by atoms with Crippen molar-refractivity contribution in [2.75, 3.05) is 32.5 Å². The Morgan fingerprint density at radius 2 is 2.26 bits per heavy atom. The number of likely N-dealkylation sites (tertiary alicyclic amines) is 1. The van der Waals surface area contributed by atoms with Crippen LogP contribution in [0, 0.1) is 11.6 Å². The summed E-state index contributed by atoms with van der Waals surface area (Å²) < 4.78 is 27.2. The van der Waals surface area contributed by atoms with Crippen LogP contribution in [0.25, 0.3) is 10.2 Å². The molecule has 2 heterocycles. The number of halogens is 2. The van der Waals surface area contributed by atoms with Gasteiger partial charge in [-0.15, -0.1) is 0 Å². The zero-order valence-electron chi connectivity index (χ0n) is 13.0. The Hall–Kier alpha value is -1.64. The van der Waals surface area contributed by atoms with Gasteiger partial charge in [0.15, 0.2) is 10.9 Å². The summed E-state index contributed by atoms with van der Waals surface area (Å²) in [5.74, 6) is -1.56. The quantitative estimate of drug-likeness (QED) is 0.929. The molecular weight excluding hydrogens is 322 g/mol. The summed E-state index contributed by atoms with van der Waals surface area (Å²) in [6.07, 6.45) is 2.34. The van der Waals surface area contributed by atoms with E-state index in [0.29, 0.717) is 4.70 Å². The van der Waals surface area contributed by atoms with Gasteiger partial charge in [-0.2, -0.15) is 0 Å². The Balaban J connectivity index is 1.69. The number of carbonyl (C=O) groups excluding carboxylic acids is 1. The molecule has 1 aromatic heterocycles. The highest BCUT2D eigenvalue weighted by Gasteiger charge is 2.27. The van der Waals surface area contributed by atoms with Gasteiger partial charge in [-0.05, 0) is 33.0 Å². The van der Waals surface area contributed by atoms with Gasteiger partial charge in [0.25, 0.3) is 0 Å². The normalized spacial score (nSPS) is 18.9. The molecule has 23 heavy (non-hydrogen) atoms. The van der Waals surface area contributed by atoms with Gasteiger partial charge in [0.05, 0.1) is 17.4 Å². The fourth-order valence-electron chi connectivity index (χ4n) is 2.93. The molecule has 1 amide bonds. The fraction of sp³-hybridized carbons (Fsp3) is 0.467. The van der Waals surface area contributed by atoms with Crippen molar-refractivity contribution < 1.29 is 13.6 Å². The Kier molecular flexibility index (Phi) is 4.56. The van der Waals surface area contributed by atoms with E-state index in [1.54, 1.807) is 0 Å². The largest absolute Gasteiger partial charge is 0.301 e. The van der Waals surface area contributed by atoms with Crippen LogP contribution in [0.3, 0.4) is 0 Å². The Bertz CT molecular complexity index is 734. The third kappa shape index (κ3) is 3.49. The van der Waals surface area contributed by atoms with E-state index in [-0.39, 0.29) is 29.3 Å². The molecule has 0 saturated carbocycles. The molecule has 2 aromatic rings. The summed E-state index contributed by atoms with van der Waals surface area (Å²) in [7, 11) is 3.98. The van der Waals surface area contributed by atoms with Crippen molar-refractivity contribution >= 4 is 32.6 Å².